The summed E-state index contributed by atoms with van der Waals surface area (Å²) < 4.78 is 82.7. The van der Waals surface area contributed by atoms with Gasteiger partial charge in [-0.05, 0) is 63.1 Å². The summed E-state index contributed by atoms with van der Waals surface area (Å²) in [6, 6.07) is 2.51. The molecule has 7 atom stereocenters. The molecule has 0 bridgehead atoms. The fourth-order valence-corrected chi connectivity index (χ4v) is 8.06. The highest BCUT2D eigenvalue weighted by molar-refractivity contribution is 7.89. The quantitative estimate of drug-likeness (QED) is 0.189. The molecule has 15 nitrogen and oxygen atoms in total. The summed E-state index contributed by atoms with van der Waals surface area (Å²) in [6.07, 6.45) is -5.96. The maximum Gasteiger partial charge on any atom is 0.471 e. The van der Waals surface area contributed by atoms with Gasteiger partial charge in [0.15, 0.2) is 0 Å². The van der Waals surface area contributed by atoms with Crippen LogP contribution in [0.15, 0.2) is 24.3 Å². The highest BCUT2D eigenvalue weighted by Crippen LogP contribution is 2.30. The molecule has 0 spiro atoms. The Hall–Kier alpha value is -3.97. The van der Waals surface area contributed by atoms with Crippen LogP contribution in [0.1, 0.15) is 86.6 Å². The summed E-state index contributed by atoms with van der Waals surface area (Å²) in [4.78, 5) is 68.3. The van der Waals surface area contributed by atoms with E-state index in [1.165, 1.54) is 38.2 Å². The lowest BCUT2D eigenvalue weighted by molar-refractivity contribution is -0.167. The largest absolute Gasteiger partial charge is 0.471 e. The number of amides is 5. The van der Waals surface area contributed by atoms with Crippen LogP contribution in [0.2, 0.25) is 0 Å². The highest BCUT2D eigenvalue weighted by atomic mass is 32.2. The number of rotatable bonds is 18. The number of carbonyl (C=O) groups is 5. The van der Waals surface area contributed by atoms with Crippen LogP contribution in [0.5, 0.6) is 0 Å². The van der Waals surface area contributed by atoms with Crippen LogP contribution in [0.3, 0.4) is 0 Å². The number of halogens is 3. The first-order valence-electron chi connectivity index (χ1n) is 18.9. The molecule has 1 aromatic rings. The number of benzene rings is 1. The van der Waals surface area contributed by atoms with Crippen molar-refractivity contribution in [2.24, 2.45) is 17.8 Å². The van der Waals surface area contributed by atoms with Crippen molar-refractivity contribution < 1.29 is 59.8 Å². The number of nitrogens with one attached hydrogen (secondary N) is 3. The Kier molecular flexibility index (Phi) is 17.8. The Morgan fingerprint density at radius 3 is 2.07 bits per heavy atom. The van der Waals surface area contributed by atoms with E-state index < -0.39 is 81.7 Å². The molecule has 1 fully saturated rings. The second kappa shape index (κ2) is 20.6. The molecule has 0 radical (unpaired) electrons. The molecule has 57 heavy (non-hydrogen) atoms. The van der Waals surface area contributed by atoms with Gasteiger partial charge in [0.2, 0.25) is 27.7 Å². The lowest BCUT2D eigenvalue weighted by Crippen LogP contribution is -2.58. The van der Waals surface area contributed by atoms with Crippen molar-refractivity contribution in [3.8, 4) is 0 Å². The number of carbonyl (C=O) groups excluding carboxylic acids is 5. The van der Waals surface area contributed by atoms with Crippen LogP contribution < -0.4 is 15.4 Å². The van der Waals surface area contributed by atoms with Gasteiger partial charge in [-0.15, -0.1) is 0 Å². The first-order valence-corrected chi connectivity index (χ1v) is 20.5. The third-order valence-electron chi connectivity index (χ3n) is 9.95. The van der Waals surface area contributed by atoms with Crippen molar-refractivity contribution in [1.29, 1.82) is 0 Å². The maximum absolute atomic E-state index is 14.1. The molecule has 5 amide bonds. The minimum atomic E-state index is -5.10. The van der Waals surface area contributed by atoms with Gasteiger partial charge < -0.3 is 34.6 Å². The zero-order valence-electron chi connectivity index (χ0n) is 34.7. The normalized spacial score (nSPS) is 18.2. The standard InChI is InChI=1S/C38H60F3N5O10S/c1-12-23(4)31(45(9)34(49)30(22(2)3)43-36(51)56-37(6,7)8)28(54-10)20-29(47)46-19-13-14-27(46)32(55-11)24(5)33(48)44-57(52,53)21-25-15-17-26(18-16-25)42-35(50)38(39,40)41/h15-18,22-24,27-28,30-32H,12-14,19-21H2,1-11H3,(H,42,50)(H,43,51)(H,44,48). The van der Waals surface area contributed by atoms with E-state index in [0.29, 0.717) is 25.8 Å². The second-order valence-corrected chi connectivity index (χ2v) is 17.6. The minimum absolute atomic E-state index is 0.129. The van der Waals surface area contributed by atoms with Gasteiger partial charge in [-0.2, -0.15) is 13.2 Å². The predicted octanol–water partition coefficient (Wildman–Crippen LogP) is 4.60. The topological polar surface area (TPSA) is 190 Å². The summed E-state index contributed by atoms with van der Waals surface area (Å²) in [6.45, 7) is 14.5. The molecular weight excluding hydrogens is 776 g/mol. The zero-order valence-corrected chi connectivity index (χ0v) is 35.5. The molecule has 1 aliphatic heterocycles. The summed E-state index contributed by atoms with van der Waals surface area (Å²) in [7, 11) is 0.131. The molecule has 0 aliphatic carbocycles. The molecule has 324 valence electrons. The smallest absolute Gasteiger partial charge is 0.444 e. The SMILES string of the molecule is CCC(C)C(C(CC(=O)N1CCCC1C(OC)C(C)C(=O)NS(=O)(=O)Cc1ccc(NC(=O)C(F)(F)F)cc1)OC)N(C)C(=O)C(NC(=O)OC(C)(C)C)C(C)C. The number of likely N-dealkylation sites (tertiary alicyclic amines) is 1. The van der Waals surface area contributed by atoms with Crippen LogP contribution in [0, 0.1) is 17.8 Å². The van der Waals surface area contributed by atoms with Gasteiger partial charge in [-0.25, -0.2) is 13.2 Å². The molecule has 1 saturated heterocycles. The molecule has 0 aromatic heterocycles. The van der Waals surface area contributed by atoms with Gasteiger partial charge in [0.05, 0.1) is 42.4 Å². The zero-order chi connectivity index (χ0) is 43.6. The first kappa shape index (κ1) is 49.2. The number of nitrogens with zero attached hydrogens (tertiary/aromatic N) is 2. The van der Waals surface area contributed by atoms with Gasteiger partial charge in [-0.3, -0.25) is 23.9 Å². The van der Waals surface area contributed by atoms with Gasteiger partial charge >= 0.3 is 18.2 Å². The number of anilines is 1. The van der Waals surface area contributed by atoms with E-state index in [1.807, 2.05) is 18.6 Å². The van der Waals surface area contributed by atoms with Crippen LogP contribution in [-0.4, -0.2) is 118 Å². The van der Waals surface area contributed by atoms with E-state index in [0.717, 1.165) is 12.1 Å². The molecule has 3 N–H and O–H groups in total. The van der Waals surface area contributed by atoms with E-state index in [1.54, 1.807) is 51.9 Å². The number of methoxy groups -OCH3 is 2. The van der Waals surface area contributed by atoms with E-state index in [4.69, 9.17) is 14.2 Å². The number of alkyl halides is 3. The number of hydrogen-bond donors (Lipinski definition) is 3. The Morgan fingerprint density at radius 1 is 0.982 bits per heavy atom. The van der Waals surface area contributed by atoms with E-state index >= 15 is 0 Å². The molecule has 2 rings (SSSR count). The van der Waals surface area contributed by atoms with Gasteiger partial charge in [0.25, 0.3) is 0 Å². The lowest BCUT2D eigenvalue weighted by Gasteiger charge is -2.40. The van der Waals surface area contributed by atoms with Crippen molar-refractivity contribution in [2.45, 2.75) is 129 Å². The second-order valence-electron chi connectivity index (χ2n) is 15.8. The summed E-state index contributed by atoms with van der Waals surface area (Å²) in [5.74, 6) is -5.94. The summed E-state index contributed by atoms with van der Waals surface area (Å²) in [5.41, 5.74) is -0.838. The van der Waals surface area contributed by atoms with Gasteiger partial charge in [0, 0.05) is 33.5 Å². The molecule has 1 aromatic carbocycles. The number of sulfonamides is 1. The van der Waals surface area contributed by atoms with Crippen molar-refractivity contribution >= 4 is 45.4 Å². The molecule has 1 heterocycles. The van der Waals surface area contributed by atoms with Crippen molar-refractivity contribution in [3.05, 3.63) is 29.8 Å². The van der Waals surface area contributed by atoms with Crippen LogP contribution >= 0.6 is 0 Å². The molecular formula is C38H60F3N5O10S. The van der Waals surface area contributed by atoms with E-state index in [2.05, 4.69) is 5.32 Å². The monoisotopic (exact) mass is 835 g/mol. The molecule has 7 unspecified atom stereocenters. The average molecular weight is 836 g/mol. The number of ether oxygens (including phenoxy) is 3. The van der Waals surface area contributed by atoms with Gasteiger partial charge in [-0.1, -0.05) is 53.2 Å². The minimum Gasteiger partial charge on any atom is -0.444 e. The first-order chi connectivity index (χ1) is 26.3. The van der Waals surface area contributed by atoms with E-state index in [9.17, 15) is 45.6 Å². The third-order valence-corrected chi connectivity index (χ3v) is 11.2. The summed E-state index contributed by atoms with van der Waals surface area (Å²) >= 11 is 0. The maximum atomic E-state index is 14.1. The van der Waals surface area contributed by atoms with Crippen molar-refractivity contribution in [3.63, 3.8) is 0 Å². The Balaban J connectivity index is 2.21. The Bertz CT molecular complexity index is 1650. The number of hydrogen-bond acceptors (Lipinski definition) is 10. The molecule has 0 saturated carbocycles. The van der Waals surface area contributed by atoms with Crippen LogP contribution in [0.25, 0.3) is 0 Å². The van der Waals surface area contributed by atoms with Crippen LogP contribution in [0.4, 0.5) is 23.7 Å². The van der Waals surface area contributed by atoms with E-state index in [-0.39, 0.29) is 41.3 Å². The summed E-state index contributed by atoms with van der Waals surface area (Å²) in [5, 5.41) is 4.36. The highest BCUT2D eigenvalue weighted by Gasteiger charge is 2.43. The lowest BCUT2D eigenvalue weighted by atomic mass is 9.89. The van der Waals surface area contributed by atoms with Gasteiger partial charge in [0.1, 0.15) is 11.6 Å². The average Bonchev–Trinajstić information content (AvgIpc) is 3.58. The number of likely N-dealkylation sites (N-methyl/N-ethyl adjacent to an activating group) is 1. The predicted molar refractivity (Wildman–Crippen MR) is 206 cm³/mol. The fourth-order valence-electron chi connectivity index (χ4n) is 6.86. The Morgan fingerprint density at radius 2 is 1.58 bits per heavy atom. The van der Waals surface area contributed by atoms with Crippen molar-refractivity contribution in [1.82, 2.24) is 19.8 Å². The Labute approximate surface area is 334 Å². The fraction of sp³-hybridized carbons (Fsp3) is 0.711. The van der Waals surface area contributed by atoms with Crippen molar-refractivity contribution in [2.75, 3.05) is 33.1 Å². The molecule has 19 heteroatoms. The third kappa shape index (κ3) is 14.4. The number of alkyl carbamates (subject to hydrolysis) is 1. The molecule has 1 aliphatic rings. The van der Waals surface area contributed by atoms with Crippen LogP contribution in [-0.2, 0) is 49.2 Å².